The minimum absolute atomic E-state index is 0.188. The van der Waals surface area contributed by atoms with Crippen LogP contribution < -0.4 is 5.73 Å². The summed E-state index contributed by atoms with van der Waals surface area (Å²) in [5, 5.41) is 17.6. The van der Waals surface area contributed by atoms with E-state index in [9.17, 15) is 0 Å². The fourth-order valence-electron chi connectivity index (χ4n) is 1.68. The smallest absolute Gasteiger partial charge is 0.240 e. The molecule has 1 heterocycles. The van der Waals surface area contributed by atoms with Gasteiger partial charge in [-0.3, -0.25) is 0 Å². The van der Waals surface area contributed by atoms with Crippen LogP contribution in [0.5, 0.6) is 0 Å². The van der Waals surface area contributed by atoms with Crippen LogP contribution in [-0.2, 0) is 0 Å². The van der Waals surface area contributed by atoms with Crippen molar-refractivity contribution in [3.63, 3.8) is 0 Å². The van der Waals surface area contributed by atoms with Crippen LogP contribution in [0.1, 0.15) is 0 Å². The molecule has 0 aliphatic heterocycles. The van der Waals surface area contributed by atoms with Crippen molar-refractivity contribution in [2.45, 2.75) is 0 Å². The highest BCUT2D eigenvalue weighted by molar-refractivity contribution is 6.30. The van der Waals surface area contributed by atoms with Gasteiger partial charge in [0.15, 0.2) is 5.82 Å². The van der Waals surface area contributed by atoms with E-state index in [1.54, 1.807) is 48.5 Å². The lowest BCUT2D eigenvalue weighted by Crippen LogP contribution is -1.98. The van der Waals surface area contributed by atoms with Crippen molar-refractivity contribution >= 4 is 40.5 Å². The number of rotatable bonds is 3. The molecular weight excluding hydrogens is 323 g/mol. The van der Waals surface area contributed by atoms with Gasteiger partial charge < -0.3 is 5.73 Å². The number of aromatic nitrogens is 3. The average molecular weight is 333 g/mol. The molecule has 1 aromatic heterocycles. The van der Waals surface area contributed by atoms with Crippen molar-refractivity contribution in [1.82, 2.24) is 15.0 Å². The van der Waals surface area contributed by atoms with Gasteiger partial charge in [-0.25, -0.2) is 0 Å². The lowest BCUT2D eigenvalue weighted by molar-refractivity contribution is 0.754. The summed E-state index contributed by atoms with van der Waals surface area (Å²) in [5.74, 6) is 0.428. The quantitative estimate of drug-likeness (QED) is 0.713. The maximum Gasteiger partial charge on any atom is 0.240 e. The minimum Gasteiger partial charge on any atom is -0.379 e. The average Bonchev–Trinajstić information content (AvgIpc) is 2.88. The molecule has 6 nitrogen and oxygen atoms in total. The molecule has 8 heteroatoms. The molecule has 0 aliphatic carbocycles. The Kier molecular flexibility index (Phi) is 4.04. The number of hydrogen-bond acceptors (Lipinski definition) is 5. The SMILES string of the molecule is Nc1nn(-c2ccc(Cl)cc2)nc1N=Nc1ccc(Cl)cc1. The summed E-state index contributed by atoms with van der Waals surface area (Å²) in [7, 11) is 0. The summed E-state index contributed by atoms with van der Waals surface area (Å²) in [4.78, 5) is 1.38. The predicted molar refractivity (Wildman–Crippen MR) is 86.4 cm³/mol. The van der Waals surface area contributed by atoms with Gasteiger partial charge in [-0.2, -0.15) is 0 Å². The number of nitrogen functional groups attached to an aromatic ring is 1. The highest BCUT2D eigenvalue weighted by Gasteiger charge is 2.08. The van der Waals surface area contributed by atoms with E-state index in [0.717, 1.165) is 5.69 Å². The Hall–Kier alpha value is -2.44. The van der Waals surface area contributed by atoms with Crippen LogP contribution in [0.25, 0.3) is 5.69 Å². The van der Waals surface area contributed by atoms with E-state index in [4.69, 9.17) is 28.9 Å². The predicted octanol–water partition coefficient (Wildman–Crippen LogP) is 4.57. The van der Waals surface area contributed by atoms with Crippen molar-refractivity contribution in [3.8, 4) is 5.69 Å². The van der Waals surface area contributed by atoms with Gasteiger partial charge in [0.25, 0.3) is 0 Å². The van der Waals surface area contributed by atoms with Crippen LogP contribution in [-0.4, -0.2) is 15.0 Å². The van der Waals surface area contributed by atoms with Crippen LogP contribution in [0.4, 0.5) is 17.3 Å². The molecule has 0 spiro atoms. The van der Waals surface area contributed by atoms with Crippen LogP contribution in [0, 0.1) is 0 Å². The Bertz CT molecular complexity index is 808. The molecular formula is C14H10Cl2N6. The van der Waals surface area contributed by atoms with Crippen molar-refractivity contribution in [2.24, 2.45) is 10.2 Å². The normalized spacial score (nSPS) is 11.2. The Balaban J connectivity index is 1.86. The topological polar surface area (TPSA) is 81.5 Å². The molecule has 0 aliphatic rings. The highest BCUT2D eigenvalue weighted by Crippen LogP contribution is 2.23. The second kappa shape index (κ2) is 6.13. The molecule has 0 fully saturated rings. The van der Waals surface area contributed by atoms with Crippen LogP contribution in [0.3, 0.4) is 0 Å². The molecule has 3 rings (SSSR count). The van der Waals surface area contributed by atoms with E-state index in [2.05, 4.69) is 20.4 Å². The molecule has 0 saturated heterocycles. The van der Waals surface area contributed by atoms with Gasteiger partial charge in [0.1, 0.15) is 0 Å². The highest BCUT2D eigenvalue weighted by atomic mass is 35.5. The van der Waals surface area contributed by atoms with Crippen molar-refractivity contribution in [2.75, 3.05) is 5.73 Å². The summed E-state index contributed by atoms with van der Waals surface area (Å²) in [6.07, 6.45) is 0. The lowest BCUT2D eigenvalue weighted by Gasteiger charge is -1.97. The molecule has 2 N–H and O–H groups in total. The number of nitrogens with zero attached hydrogens (tertiary/aromatic N) is 5. The van der Waals surface area contributed by atoms with Gasteiger partial charge in [-0.15, -0.1) is 25.2 Å². The first-order valence-electron chi connectivity index (χ1n) is 6.28. The number of benzene rings is 2. The second-order valence-electron chi connectivity index (χ2n) is 4.35. The Morgan fingerprint density at radius 3 is 2.05 bits per heavy atom. The molecule has 2 aromatic carbocycles. The van der Waals surface area contributed by atoms with Gasteiger partial charge in [-0.1, -0.05) is 23.2 Å². The largest absolute Gasteiger partial charge is 0.379 e. The van der Waals surface area contributed by atoms with Gasteiger partial charge in [-0.05, 0) is 48.5 Å². The minimum atomic E-state index is 0.188. The fourth-order valence-corrected chi connectivity index (χ4v) is 1.94. The van der Waals surface area contributed by atoms with Gasteiger partial charge in [0.05, 0.1) is 11.4 Å². The van der Waals surface area contributed by atoms with E-state index < -0.39 is 0 Å². The summed E-state index contributed by atoms with van der Waals surface area (Å²) in [6.45, 7) is 0. The third kappa shape index (κ3) is 3.24. The van der Waals surface area contributed by atoms with Gasteiger partial charge in [0, 0.05) is 10.0 Å². The monoisotopic (exact) mass is 332 g/mol. The molecule has 0 radical (unpaired) electrons. The maximum atomic E-state index is 5.85. The Labute approximate surface area is 136 Å². The number of nitrogens with two attached hydrogens (primary N) is 1. The molecule has 0 unspecified atom stereocenters. The van der Waals surface area contributed by atoms with Crippen LogP contribution in [0.15, 0.2) is 58.8 Å². The van der Waals surface area contributed by atoms with E-state index in [1.165, 1.54) is 4.80 Å². The fraction of sp³-hybridized carbons (Fsp3) is 0. The van der Waals surface area contributed by atoms with E-state index in [1.807, 2.05) is 0 Å². The molecule has 0 bridgehead atoms. The number of halogens is 2. The number of azo groups is 1. The summed E-state index contributed by atoms with van der Waals surface area (Å²) in [5.41, 5.74) is 7.17. The Morgan fingerprint density at radius 1 is 0.818 bits per heavy atom. The summed E-state index contributed by atoms with van der Waals surface area (Å²) in [6, 6.07) is 14.0. The number of anilines is 1. The third-order valence-electron chi connectivity index (χ3n) is 2.77. The maximum absolute atomic E-state index is 5.85. The molecule has 3 aromatic rings. The molecule has 0 saturated carbocycles. The van der Waals surface area contributed by atoms with Crippen LogP contribution >= 0.6 is 23.2 Å². The molecule has 110 valence electrons. The first-order chi connectivity index (χ1) is 10.6. The molecule has 0 amide bonds. The molecule has 0 atom stereocenters. The second-order valence-corrected chi connectivity index (χ2v) is 5.22. The van der Waals surface area contributed by atoms with E-state index >= 15 is 0 Å². The first kappa shape index (κ1) is 14.5. The van der Waals surface area contributed by atoms with E-state index in [-0.39, 0.29) is 11.6 Å². The zero-order chi connectivity index (χ0) is 15.5. The van der Waals surface area contributed by atoms with Crippen molar-refractivity contribution < 1.29 is 0 Å². The van der Waals surface area contributed by atoms with Gasteiger partial charge in [0.2, 0.25) is 5.82 Å². The first-order valence-corrected chi connectivity index (χ1v) is 7.03. The zero-order valence-corrected chi connectivity index (χ0v) is 12.7. The van der Waals surface area contributed by atoms with Crippen LogP contribution in [0.2, 0.25) is 10.0 Å². The summed E-state index contributed by atoms with van der Waals surface area (Å²) < 4.78 is 0. The summed E-state index contributed by atoms with van der Waals surface area (Å²) >= 11 is 11.7. The van der Waals surface area contributed by atoms with E-state index in [0.29, 0.717) is 15.7 Å². The third-order valence-corrected chi connectivity index (χ3v) is 3.27. The van der Waals surface area contributed by atoms with Crippen molar-refractivity contribution in [3.05, 3.63) is 58.6 Å². The Morgan fingerprint density at radius 2 is 1.41 bits per heavy atom. The standard InChI is InChI=1S/C14H10Cl2N6/c15-9-1-5-11(6-2-9)18-19-14-13(17)20-22(21-14)12-7-3-10(16)4-8-12/h1-8H,(H2,17,20). The lowest BCUT2D eigenvalue weighted by atomic mass is 10.3. The van der Waals surface area contributed by atoms with Crippen molar-refractivity contribution in [1.29, 1.82) is 0 Å². The molecule has 22 heavy (non-hydrogen) atoms. The van der Waals surface area contributed by atoms with Gasteiger partial charge >= 0.3 is 0 Å². The number of hydrogen-bond donors (Lipinski definition) is 1. The zero-order valence-electron chi connectivity index (χ0n) is 11.2.